The molecule has 0 spiro atoms. The van der Waals surface area contributed by atoms with Crippen LogP contribution in [-0.2, 0) is 32.6 Å². The van der Waals surface area contributed by atoms with Crippen molar-refractivity contribution < 1.29 is 22.7 Å². The van der Waals surface area contributed by atoms with Gasteiger partial charge in [-0.25, -0.2) is 8.42 Å². The molecule has 0 aliphatic rings. The van der Waals surface area contributed by atoms with Gasteiger partial charge in [0.05, 0.1) is 17.7 Å². The molecular weight excluding hydrogens is 610 g/mol. The van der Waals surface area contributed by atoms with Crippen molar-refractivity contribution >= 4 is 39.1 Å². The summed E-state index contributed by atoms with van der Waals surface area (Å²) < 4.78 is 34.5. The van der Waals surface area contributed by atoms with Crippen molar-refractivity contribution in [2.45, 2.75) is 50.2 Å². The molecule has 4 aromatic rings. The number of benzene rings is 4. The number of anilines is 1. The molecule has 0 radical (unpaired) electrons. The lowest BCUT2D eigenvalue weighted by Gasteiger charge is -2.34. The number of amides is 2. The highest BCUT2D eigenvalue weighted by molar-refractivity contribution is 7.92. The van der Waals surface area contributed by atoms with Gasteiger partial charge in [-0.15, -0.1) is 0 Å². The number of carbonyl (C=O) groups excluding carboxylic acids is 2. The predicted molar refractivity (Wildman–Crippen MR) is 178 cm³/mol. The van der Waals surface area contributed by atoms with Gasteiger partial charge < -0.3 is 15.0 Å². The van der Waals surface area contributed by atoms with Crippen molar-refractivity contribution in [3.8, 4) is 5.75 Å². The van der Waals surface area contributed by atoms with Crippen molar-refractivity contribution in [2.24, 2.45) is 0 Å². The van der Waals surface area contributed by atoms with Gasteiger partial charge in [0.25, 0.3) is 10.0 Å². The summed E-state index contributed by atoms with van der Waals surface area (Å²) >= 11 is 6.13. The standard InChI is InChI=1S/C35H38ClN3O5S/c1-4-26(2)37-35(41)33(23-27-11-7-5-8-12-27)38(24-28-13-9-6-10-14-28)34(40)25-39(30-17-15-29(36)16-18-30)45(42,43)32-21-19-31(44-3)20-22-32/h5-22,26,33H,4,23-25H2,1-3H3,(H,37,41). The van der Waals surface area contributed by atoms with Gasteiger partial charge in [-0.3, -0.25) is 13.9 Å². The second-order valence-electron chi connectivity index (χ2n) is 10.7. The Balaban J connectivity index is 1.79. The molecule has 236 valence electrons. The summed E-state index contributed by atoms with van der Waals surface area (Å²) in [7, 11) is -2.74. The average Bonchev–Trinajstić information content (AvgIpc) is 3.06. The predicted octanol–water partition coefficient (Wildman–Crippen LogP) is 6.10. The van der Waals surface area contributed by atoms with Gasteiger partial charge >= 0.3 is 0 Å². The summed E-state index contributed by atoms with van der Waals surface area (Å²) in [4.78, 5) is 29.8. The minimum Gasteiger partial charge on any atom is -0.497 e. The number of hydrogen-bond acceptors (Lipinski definition) is 5. The molecular formula is C35H38ClN3O5S. The van der Waals surface area contributed by atoms with Crippen LogP contribution in [0.15, 0.2) is 114 Å². The highest BCUT2D eigenvalue weighted by Crippen LogP contribution is 2.27. The molecule has 10 heteroatoms. The van der Waals surface area contributed by atoms with Crippen LogP contribution in [0.1, 0.15) is 31.4 Å². The minimum atomic E-state index is -4.23. The number of carbonyl (C=O) groups is 2. The van der Waals surface area contributed by atoms with Gasteiger partial charge in [-0.2, -0.15) is 0 Å². The van der Waals surface area contributed by atoms with E-state index in [0.717, 1.165) is 15.4 Å². The molecule has 0 heterocycles. The van der Waals surface area contributed by atoms with E-state index in [-0.39, 0.29) is 35.5 Å². The van der Waals surface area contributed by atoms with Crippen molar-refractivity contribution in [3.63, 3.8) is 0 Å². The normalized spacial score (nSPS) is 12.5. The van der Waals surface area contributed by atoms with Crippen LogP contribution in [-0.4, -0.2) is 50.9 Å². The third-order valence-corrected chi connectivity index (χ3v) is 9.55. The van der Waals surface area contributed by atoms with E-state index < -0.39 is 28.5 Å². The molecule has 8 nitrogen and oxygen atoms in total. The fraction of sp³-hybridized carbons (Fsp3) is 0.257. The van der Waals surface area contributed by atoms with E-state index in [4.69, 9.17) is 16.3 Å². The average molecular weight is 648 g/mol. The van der Waals surface area contributed by atoms with Gasteiger partial charge in [0.2, 0.25) is 11.8 Å². The molecule has 2 amide bonds. The van der Waals surface area contributed by atoms with E-state index in [0.29, 0.717) is 17.2 Å². The SMILES string of the molecule is CCC(C)NC(=O)C(Cc1ccccc1)N(Cc1ccccc1)C(=O)CN(c1ccc(Cl)cc1)S(=O)(=O)c1ccc(OC)cc1. The van der Waals surface area contributed by atoms with Gasteiger partial charge in [0, 0.05) is 24.0 Å². The Morgan fingerprint density at radius 3 is 1.98 bits per heavy atom. The second-order valence-corrected chi connectivity index (χ2v) is 13.0. The molecule has 0 fully saturated rings. The summed E-state index contributed by atoms with van der Waals surface area (Å²) in [5, 5.41) is 3.46. The van der Waals surface area contributed by atoms with Crippen LogP contribution >= 0.6 is 11.6 Å². The molecule has 0 saturated heterocycles. The van der Waals surface area contributed by atoms with Crippen LogP contribution in [0, 0.1) is 0 Å². The van der Waals surface area contributed by atoms with Crippen molar-refractivity contribution in [3.05, 3.63) is 125 Å². The molecule has 2 atom stereocenters. The van der Waals surface area contributed by atoms with E-state index in [1.807, 2.05) is 74.5 Å². The van der Waals surface area contributed by atoms with Gasteiger partial charge in [0.15, 0.2) is 0 Å². The topological polar surface area (TPSA) is 96.0 Å². The van der Waals surface area contributed by atoms with Crippen LogP contribution in [0.3, 0.4) is 0 Å². The van der Waals surface area contributed by atoms with Crippen molar-refractivity contribution in [2.75, 3.05) is 18.0 Å². The van der Waals surface area contributed by atoms with Gasteiger partial charge in [0.1, 0.15) is 18.3 Å². The molecule has 45 heavy (non-hydrogen) atoms. The lowest BCUT2D eigenvalue weighted by atomic mass is 10.0. The summed E-state index contributed by atoms with van der Waals surface area (Å²) in [6.45, 7) is 3.43. The molecule has 0 aliphatic carbocycles. The van der Waals surface area contributed by atoms with Crippen LogP contribution in [0.25, 0.3) is 0 Å². The van der Waals surface area contributed by atoms with E-state index in [2.05, 4.69) is 5.32 Å². The molecule has 1 N–H and O–H groups in total. The lowest BCUT2D eigenvalue weighted by molar-refractivity contribution is -0.140. The number of hydrogen-bond donors (Lipinski definition) is 1. The molecule has 2 unspecified atom stereocenters. The molecule has 0 aliphatic heterocycles. The lowest BCUT2D eigenvalue weighted by Crippen LogP contribution is -2.54. The van der Waals surface area contributed by atoms with Crippen LogP contribution in [0.4, 0.5) is 5.69 Å². The summed E-state index contributed by atoms with van der Waals surface area (Å²) in [5.41, 5.74) is 1.93. The number of methoxy groups -OCH3 is 1. The zero-order valence-electron chi connectivity index (χ0n) is 25.6. The van der Waals surface area contributed by atoms with Gasteiger partial charge in [-0.05, 0) is 73.0 Å². The van der Waals surface area contributed by atoms with Crippen LogP contribution in [0.5, 0.6) is 5.75 Å². The number of halogens is 1. The number of ether oxygens (including phenoxy) is 1. The monoisotopic (exact) mass is 647 g/mol. The largest absolute Gasteiger partial charge is 0.497 e. The Morgan fingerprint density at radius 1 is 0.844 bits per heavy atom. The van der Waals surface area contributed by atoms with E-state index in [1.54, 1.807) is 36.4 Å². The molecule has 4 rings (SSSR count). The molecule has 4 aromatic carbocycles. The summed E-state index contributed by atoms with van der Waals surface area (Å²) in [6.07, 6.45) is 0.953. The Labute approximate surface area is 270 Å². The van der Waals surface area contributed by atoms with Crippen molar-refractivity contribution in [1.82, 2.24) is 10.2 Å². The highest BCUT2D eigenvalue weighted by atomic mass is 35.5. The minimum absolute atomic E-state index is 0.0176. The first-order chi connectivity index (χ1) is 21.6. The third kappa shape index (κ3) is 8.86. The Kier molecular flexibility index (Phi) is 11.6. The maximum absolute atomic E-state index is 14.5. The Hall–Kier alpha value is -4.34. The number of nitrogens with one attached hydrogen (secondary N) is 1. The zero-order valence-corrected chi connectivity index (χ0v) is 27.2. The maximum atomic E-state index is 14.5. The Bertz CT molecular complexity index is 1650. The first kappa shape index (κ1) is 33.6. The second kappa shape index (κ2) is 15.6. The highest BCUT2D eigenvalue weighted by Gasteiger charge is 2.35. The maximum Gasteiger partial charge on any atom is 0.264 e. The van der Waals surface area contributed by atoms with E-state index >= 15 is 0 Å². The van der Waals surface area contributed by atoms with Crippen LogP contribution < -0.4 is 14.4 Å². The van der Waals surface area contributed by atoms with E-state index in [9.17, 15) is 18.0 Å². The quantitative estimate of drug-likeness (QED) is 0.179. The fourth-order valence-corrected chi connectivity index (χ4v) is 6.33. The Morgan fingerprint density at radius 2 is 1.42 bits per heavy atom. The first-order valence-corrected chi connectivity index (χ1v) is 16.5. The molecule has 0 saturated carbocycles. The molecule has 0 bridgehead atoms. The number of sulfonamides is 1. The van der Waals surface area contributed by atoms with Crippen LogP contribution in [0.2, 0.25) is 5.02 Å². The van der Waals surface area contributed by atoms with Gasteiger partial charge in [-0.1, -0.05) is 79.2 Å². The smallest absolute Gasteiger partial charge is 0.264 e. The number of rotatable bonds is 14. The summed E-state index contributed by atoms with van der Waals surface area (Å²) in [5.74, 6) is -0.354. The van der Waals surface area contributed by atoms with E-state index in [1.165, 1.54) is 24.1 Å². The third-order valence-electron chi connectivity index (χ3n) is 7.51. The zero-order chi connectivity index (χ0) is 32.4. The molecule has 0 aromatic heterocycles. The first-order valence-electron chi connectivity index (χ1n) is 14.7. The van der Waals surface area contributed by atoms with Crippen molar-refractivity contribution in [1.29, 1.82) is 0 Å². The number of nitrogens with zero attached hydrogens (tertiary/aromatic N) is 2. The fourth-order valence-electron chi connectivity index (χ4n) is 4.79. The summed E-state index contributed by atoms with van der Waals surface area (Å²) in [6, 6.07) is 30.0.